The topological polar surface area (TPSA) is 15.3 Å². The Morgan fingerprint density at radius 2 is 1.83 bits per heavy atom. The lowest BCUT2D eigenvalue weighted by molar-refractivity contribution is 0.115. The Bertz CT molecular complexity index is 115. The van der Waals surface area contributed by atoms with Crippen LogP contribution in [-0.4, -0.2) is 36.6 Å². The summed E-state index contributed by atoms with van der Waals surface area (Å²) >= 11 is 0. The van der Waals surface area contributed by atoms with E-state index >= 15 is 0 Å². The van der Waals surface area contributed by atoms with E-state index in [0.29, 0.717) is 0 Å². The zero-order chi connectivity index (χ0) is 8.97. The maximum absolute atomic E-state index is 3.45. The second-order valence-corrected chi connectivity index (χ2v) is 3.95. The van der Waals surface area contributed by atoms with E-state index < -0.39 is 0 Å². The zero-order valence-corrected chi connectivity index (χ0v) is 8.64. The normalized spacial score (nSPS) is 32.2. The van der Waals surface area contributed by atoms with Gasteiger partial charge < -0.3 is 5.32 Å². The van der Waals surface area contributed by atoms with Gasteiger partial charge in [0.2, 0.25) is 0 Å². The summed E-state index contributed by atoms with van der Waals surface area (Å²) in [7, 11) is 0. The fourth-order valence-corrected chi connectivity index (χ4v) is 1.95. The Kier molecular flexibility index (Phi) is 4.02. The van der Waals surface area contributed by atoms with Crippen LogP contribution in [0, 0.1) is 0 Å². The van der Waals surface area contributed by atoms with Crippen LogP contribution in [0.25, 0.3) is 0 Å². The third-order valence-electron chi connectivity index (χ3n) is 2.78. The molecule has 1 heterocycles. The van der Waals surface area contributed by atoms with Crippen LogP contribution in [0.1, 0.15) is 33.6 Å². The molecule has 1 aliphatic heterocycles. The highest BCUT2D eigenvalue weighted by atomic mass is 15.2. The van der Waals surface area contributed by atoms with Crippen molar-refractivity contribution in [2.75, 3.05) is 19.6 Å². The predicted octanol–water partition coefficient (Wildman–Crippen LogP) is 1.47. The van der Waals surface area contributed by atoms with Crippen molar-refractivity contribution in [3.05, 3.63) is 0 Å². The van der Waals surface area contributed by atoms with Gasteiger partial charge in [-0.15, -0.1) is 0 Å². The minimum absolute atomic E-state index is 0.722. The summed E-state index contributed by atoms with van der Waals surface area (Å²) in [5.41, 5.74) is 0. The molecule has 1 fully saturated rings. The number of unbranched alkanes of at least 4 members (excludes halogenated alkanes) is 1. The maximum Gasteiger partial charge on any atom is 0.0195 e. The number of nitrogens with zero attached hydrogens (tertiary/aromatic N) is 1. The van der Waals surface area contributed by atoms with E-state index in [2.05, 4.69) is 31.0 Å². The SMILES string of the molecule is CCCCN1[C@H](C)CNC[C@@H]1C. The molecule has 2 heteroatoms. The van der Waals surface area contributed by atoms with E-state index in [1.165, 1.54) is 19.4 Å². The molecule has 0 unspecified atom stereocenters. The predicted molar refractivity (Wildman–Crippen MR) is 53.4 cm³/mol. The molecule has 2 atom stereocenters. The third kappa shape index (κ3) is 2.46. The summed E-state index contributed by atoms with van der Waals surface area (Å²) in [6.45, 7) is 10.5. The quantitative estimate of drug-likeness (QED) is 0.690. The van der Waals surface area contributed by atoms with E-state index in [4.69, 9.17) is 0 Å². The van der Waals surface area contributed by atoms with Crippen LogP contribution in [0.4, 0.5) is 0 Å². The molecule has 1 aliphatic rings. The highest BCUT2D eigenvalue weighted by Gasteiger charge is 2.22. The smallest absolute Gasteiger partial charge is 0.0195 e. The lowest BCUT2D eigenvalue weighted by atomic mass is 10.1. The van der Waals surface area contributed by atoms with Crippen molar-refractivity contribution in [1.29, 1.82) is 0 Å². The van der Waals surface area contributed by atoms with Gasteiger partial charge in [-0.1, -0.05) is 13.3 Å². The van der Waals surface area contributed by atoms with Crippen molar-refractivity contribution in [2.24, 2.45) is 0 Å². The first-order valence-corrected chi connectivity index (χ1v) is 5.22. The average molecular weight is 170 g/mol. The first-order valence-electron chi connectivity index (χ1n) is 5.22. The Labute approximate surface area is 76.3 Å². The minimum atomic E-state index is 0.722. The molecule has 1 saturated heterocycles. The summed E-state index contributed by atoms with van der Waals surface area (Å²) < 4.78 is 0. The molecule has 0 aromatic rings. The van der Waals surface area contributed by atoms with Crippen LogP contribution in [0.3, 0.4) is 0 Å². The molecule has 0 spiro atoms. The number of hydrogen-bond donors (Lipinski definition) is 1. The van der Waals surface area contributed by atoms with E-state index in [1.54, 1.807) is 0 Å². The molecular weight excluding hydrogens is 148 g/mol. The van der Waals surface area contributed by atoms with Crippen LogP contribution >= 0.6 is 0 Å². The van der Waals surface area contributed by atoms with Crippen molar-refractivity contribution in [3.63, 3.8) is 0 Å². The van der Waals surface area contributed by atoms with Gasteiger partial charge in [-0.25, -0.2) is 0 Å². The fraction of sp³-hybridized carbons (Fsp3) is 1.00. The van der Waals surface area contributed by atoms with Gasteiger partial charge in [0.1, 0.15) is 0 Å². The third-order valence-corrected chi connectivity index (χ3v) is 2.78. The maximum atomic E-state index is 3.45. The highest BCUT2D eigenvalue weighted by molar-refractivity contribution is 4.81. The summed E-state index contributed by atoms with van der Waals surface area (Å²) in [6.07, 6.45) is 2.65. The summed E-state index contributed by atoms with van der Waals surface area (Å²) in [4.78, 5) is 2.62. The molecule has 0 radical (unpaired) electrons. The first-order chi connectivity index (χ1) is 5.75. The zero-order valence-electron chi connectivity index (χ0n) is 8.64. The Balaban J connectivity index is 2.34. The Morgan fingerprint density at radius 1 is 1.25 bits per heavy atom. The minimum Gasteiger partial charge on any atom is -0.314 e. The standard InChI is InChI=1S/C10H22N2/c1-4-5-6-12-9(2)7-11-8-10(12)3/h9-11H,4-8H2,1-3H3/t9-,10+. The average Bonchev–Trinajstić information content (AvgIpc) is 2.04. The van der Waals surface area contributed by atoms with E-state index in [9.17, 15) is 0 Å². The number of piperazine rings is 1. The molecule has 2 nitrogen and oxygen atoms in total. The van der Waals surface area contributed by atoms with Gasteiger partial charge in [-0.2, -0.15) is 0 Å². The lowest BCUT2D eigenvalue weighted by Gasteiger charge is -2.39. The van der Waals surface area contributed by atoms with Crippen molar-refractivity contribution >= 4 is 0 Å². The van der Waals surface area contributed by atoms with Crippen molar-refractivity contribution in [2.45, 2.75) is 45.7 Å². The molecule has 0 aromatic carbocycles. The monoisotopic (exact) mass is 170 g/mol. The highest BCUT2D eigenvalue weighted by Crippen LogP contribution is 2.10. The molecule has 0 bridgehead atoms. The van der Waals surface area contributed by atoms with Crippen LogP contribution in [0.15, 0.2) is 0 Å². The largest absolute Gasteiger partial charge is 0.314 e. The van der Waals surface area contributed by atoms with Gasteiger partial charge >= 0.3 is 0 Å². The molecule has 72 valence electrons. The van der Waals surface area contributed by atoms with Gasteiger partial charge in [0, 0.05) is 25.2 Å². The molecule has 0 saturated carbocycles. The van der Waals surface area contributed by atoms with Crippen LogP contribution in [0.5, 0.6) is 0 Å². The molecular formula is C10H22N2. The fourth-order valence-electron chi connectivity index (χ4n) is 1.95. The van der Waals surface area contributed by atoms with Gasteiger partial charge in [-0.05, 0) is 26.8 Å². The summed E-state index contributed by atoms with van der Waals surface area (Å²) in [5.74, 6) is 0. The van der Waals surface area contributed by atoms with Crippen molar-refractivity contribution in [1.82, 2.24) is 10.2 Å². The van der Waals surface area contributed by atoms with Gasteiger partial charge in [0.25, 0.3) is 0 Å². The summed E-state index contributed by atoms with van der Waals surface area (Å²) in [5, 5.41) is 3.45. The van der Waals surface area contributed by atoms with Crippen LogP contribution in [-0.2, 0) is 0 Å². The molecule has 1 N–H and O–H groups in total. The number of hydrogen-bond acceptors (Lipinski definition) is 2. The van der Waals surface area contributed by atoms with E-state index in [0.717, 1.165) is 25.2 Å². The molecule has 0 aliphatic carbocycles. The Hall–Kier alpha value is -0.0800. The van der Waals surface area contributed by atoms with Gasteiger partial charge in [0.15, 0.2) is 0 Å². The molecule has 0 aromatic heterocycles. The second kappa shape index (κ2) is 4.83. The molecule has 0 amide bonds. The first kappa shape index (κ1) is 10.0. The van der Waals surface area contributed by atoms with Gasteiger partial charge in [-0.3, -0.25) is 4.90 Å². The second-order valence-electron chi connectivity index (χ2n) is 3.95. The molecule has 1 rings (SSSR count). The summed E-state index contributed by atoms with van der Waals surface area (Å²) in [6, 6.07) is 1.44. The number of rotatable bonds is 3. The Morgan fingerprint density at radius 3 is 2.33 bits per heavy atom. The van der Waals surface area contributed by atoms with E-state index in [1.807, 2.05) is 0 Å². The van der Waals surface area contributed by atoms with Gasteiger partial charge in [0.05, 0.1) is 0 Å². The van der Waals surface area contributed by atoms with E-state index in [-0.39, 0.29) is 0 Å². The molecule has 12 heavy (non-hydrogen) atoms. The van der Waals surface area contributed by atoms with Crippen LogP contribution in [0.2, 0.25) is 0 Å². The van der Waals surface area contributed by atoms with Crippen LogP contribution < -0.4 is 5.32 Å². The lowest BCUT2D eigenvalue weighted by Crippen LogP contribution is -2.55. The van der Waals surface area contributed by atoms with Crippen molar-refractivity contribution < 1.29 is 0 Å². The number of nitrogens with one attached hydrogen (secondary N) is 1. The van der Waals surface area contributed by atoms with Crippen molar-refractivity contribution in [3.8, 4) is 0 Å².